The highest BCUT2D eigenvalue weighted by Gasteiger charge is 2.19. The number of ether oxygens (including phenoxy) is 1. The lowest BCUT2D eigenvalue weighted by molar-refractivity contribution is -0.136. The van der Waals surface area contributed by atoms with E-state index in [1.807, 2.05) is 0 Å². The van der Waals surface area contributed by atoms with Crippen molar-refractivity contribution in [2.24, 2.45) is 0 Å². The van der Waals surface area contributed by atoms with Crippen LogP contribution in [0.15, 0.2) is 18.3 Å². The normalized spacial score (nSPS) is 15.7. The van der Waals surface area contributed by atoms with Gasteiger partial charge in [-0.1, -0.05) is 0 Å². The number of aliphatic carboxylic acids is 1. The predicted molar refractivity (Wildman–Crippen MR) is 53.8 cm³/mol. The molecule has 0 bridgehead atoms. The van der Waals surface area contributed by atoms with Gasteiger partial charge in [0.2, 0.25) is 0 Å². The minimum atomic E-state index is -0.872. The van der Waals surface area contributed by atoms with Gasteiger partial charge in [-0.25, -0.2) is 0 Å². The molecule has 4 nitrogen and oxygen atoms in total. The molecule has 2 rings (SSSR count). The summed E-state index contributed by atoms with van der Waals surface area (Å²) in [4.78, 5) is 14.5. The van der Waals surface area contributed by atoms with Gasteiger partial charge in [-0.05, 0) is 25.3 Å². The zero-order valence-electron chi connectivity index (χ0n) is 8.35. The predicted octanol–water partition coefficient (Wildman–Crippen LogP) is 1.64. The first-order valence-electron chi connectivity index (χ1n) is 5.07. The Labute approximate surface area is 87.9 Å². The highest BCUT2D eigenvalue weighted by atomic mass is 16.5. The third-order valence-corrected chi connectivity index (χ3v) is 2.48. The van der Waals surface area contributed by atoms with Crippen LogP contribution >= 0.6 is 0 Å². The fraction of sp³-hybridized carbons (Fsp3) is 0.455. The molecule has 0 saturated heterocycles. The van der Waals surface area contributed by atoms with Gasteiger partial charge in [0, 0.05) is 12.3 Å². The molecule has 80 valence electrons. The Bertz CT molecular complexity index is 361. The van der Waals surface area contributed by atoms with Gasteiger partial charge in [-0.3, -0.25) is 9.78 Å². The summed E-state index contributed by atoms with van der Waals surface area (Å²) in [5.74, 6) is -0.144. The molecule has 0 amide bonds. The molecule has 15 heavy (non-hydrogen) atoms. The highest BCUT2D eigenvalue weighted by molar-refractivity contribution is 5.69. The van der Waals surface area contributed by atoms with E-state index in [9.17, 15) is 4.79 Å². The number of rotatable bonds is 4. The van der Waals surface area contributed by atoms with E-state index in [1.54, 1.807) is 18.3 Å². The van der Waals surface area contributed by atoms with Crippen LogP contribution in [0.3, 0.4) is 0 Å². The van der Waals surface area contributed by atoms with Gasteiger partial charge in [0.1, 0.15) is 5.75 Å². The van der Waals surface area contributed by atoms with E-state index in [0.717, 1.165) is 18.6 Å². The highest BCUT2D eigenvalue weighted by Crippen LogP contribution is 2.25. The second kappa shape index (κ2) is 4.29. The molecule has 1 aromatic rings. The summed E-state index contributed by atoms with van der Waals surface area (Å²) >= 11 is 0. The first-order valence-corrected chi connectivity index (χ1v) is 5.07. The van der Waals surface area contributed by atoms with E-state index < -0.39 is 5.97 Å². The van der Waals surface area contributed by atoms with Crippen molar-refractivity contribution in [3.8, 4) is 5.75 Å². The Morgan fingerprint density at radius 3 is 3.00 bits per heavy atom. The van der Waals surface area contributed by atoms with E-state index in [-0.39, 0.29) is 6.42 Å². The summed E-state index contributed by atoms with van der Waals surface area (Å²) in [7, 11) is 0. The van der Waals surface area contributed by atoms with Crippen LogP contribution in [0.4, 0.5) is 0 Å². The van der Waals surface area contributed by atoms with E-state index >= 15 is 0 Å². The van der Waals surface area contributed by atoms with Crippen molar-refractivity contribution < 1.29 is 14.6 Å². The van der Waals surface area contributed by atoms with E-state index in [4.69, 9.17) is 9.84 Å². The van der Waals surface area contributed by atoms with Gasteiger partial charge in [-0.15, -0.1) is 0 Å². The topological polar surface area (TPSA) is 59.4 Å². The fourth-order valence-corrected chi connectivity index (χ4v) is 1.46. The molecule has 1 aromatic heterocycles. The number of carboxylic acids is 1. The van der Waals surface area contributed by atoms with Crippen LogP contribution in [-0.4, -0.2) is 22.2 Å². The van der Waals surface area contributed by atoms with Crippen molar-refractivity contribution in [1.82, 2.24) is 4.98 Å². The van der Waals surface area contributed by atoms with Crippen LogP contribution in [-0.2, 0) is 11.2 Å². The average Bonchev–Trinajstić information content (AvgIpc) is 2.11. The molecule has 0 spiro atoms. The SMILES string of the molecule is O=C(O)Cc1cc(OC2CCC2)ccn1. The Morgan fingerprint density at radius 1 is 1.60 bits per heavy atom. The van der Waals surface area contributed by atoms with Gasteiger partial charge < -0.3 is 9.84 Å². The van der Waals surface area contributed by atoms with Crippen LogP contribution < -0.4 is 4.74 Å². The second-order valence-corrected chi connectivity index (χ2v) is 3.72. The van der Waals surface area contributed by atoms with Gasteiger partial charge in [-0.2, -0.15) is 0 Å². The van der Waals surface area contributed by atoms with Gasteiger partial charge in [0.25, 0.3) is 0 Å². The molecule has 1 aliphatic carbocycles. The fourth-order valence-electron chi connectivity index (χ4n) is 1.46. The van der Waals surface area contributed by atoms with Crippen LogP contribution in [0.2, 0.25) is 0 Å². The maximum Gasteiger partial charge on any atom is 0.309 e. The number of pyridine rings is 1. The van der Waals surface area contributed by atoms with Crippen molar-refractivity contribution in [3.63, 3.8) is 0 Å². The number of aromatic nitrogens is 1. The number of nitrogens with zero attached hydrogens (tertiary/aromatic N) is 1. The van der Waals surface area contributed by atoms with Gasteiger partial charge in [0.05, 0.1) is 18.2 Å². The van der Waals surface area contributed by atoms with Crippen molar-refractivity contribution in [1.29, 1.82) is 0 Å². The lowest BCUT2D eigenvalue weighted by atomic mass is 9.96. The minimum Gasteiger partial charge on any atom is -0.490 e. The summed E-state index contributed by atoms with van der Waals surface area (Å²) in [6.45, 7) is 0. The maximum atomic E-state index is 10.5. The lowest BCUT2D eigenvalue weighted by Gasteiger charge is -2.26. The minimum absolute atomic E-state index is 0.0537. The van der Waals surface area contributed by atoms with Crippen LogP contribution in [0, 0.1) is 0 Å². The zero-order valence-corrected chi connectivity index (χ0v) is 8.35. The molecule has 4 heteroatoms. The van der Waals surface area contributed by atoms with Crippen LogP contribution in [0.25, 0.3) is 0 Å². The third-order valence-electron chi connectivity index (χ3n) is 2.48. The number of carbonyl (C=O) groups is 1. The Hall–Kier alpha value is -1.58. The van der Waals surface area contributed by atoms with Crippen LogP contribution in [0.5, 0.6) is 5.75 Å². The Balaban J connectivity index is 2.00. The molecular weight excluding hydrogens is 194 g/mol. The molecule has 1 N–H and O–H groups in total. The zero-order chi connectivity index (χ0) is 10.7. The van der Waals surface area contributed by atoms with Crippen molar-refractivity contribution in [3.05, 3.63) is 24.0 Å². The molecule has 0 radical (unpaired) electrons. The molecule has 1 saturated carbocycles. The number of hydrogen-bond acceptors (Lipinski definition) is 3. The first kappa shape index (κ1) is 9.96. The lowest BCUT2D eigenvalue weighted by Crippen LogP contribution is -2.24. The van der Waals surface area contributed by atoms with Crippen molar-refractivity contribution >= 4 is 5.97 Å². The average molecular weight is 207 g/mol. The standard InChI is InChI=1S/C11H13NO3/c13-11(14)7-8-6-10(4-5-12-8)15-9-2-1-3-9/h4-6,9H,1-3,7H2,(H,13,14). The number of hydrogen-bond donors (Lipinski definition) is 1. The summed E-state index contributed by atoms with van der Waals surface area (Å²) in [6.07, 6.45) is 5.25. The van der Waals surface area contributed by atoms with E-state index in [0.29, 0.717) is 11.8 Å². The molecular formula is C11H13NO3. The summed E-state index contributed by atoms with van der Waals surface area (Å²) in [6, 6.07) is 3.47. The summed E-state index contributed by atoms with van der Waals surface area (Å²) < 4.78 is 5.64. The second-order valence-electron chi connectivity index (χ2n) is 3.72. The molecule has 0 aromatic carbocycles. The third kappa shape index (κ3) is 2.68. The monoisotopic (exact) mass is 207 g/mol. The molecule has 1 heterocycles. The van der Waals surface area contributed by atoms with Crippen molar-refractivity contribution in [2.45, 2.75) is 31.8 Å². The molecule has 0 unspecified atom stereocenters. The molecule has 1 fully saturated rings. The van der Waals surface area contributed by atoms with E-state index in [2.05, 4.69) is 4.98 Å². The van der Waals surface area contributed by atoms with E-state index in [1.165, 1.54) is 6.42 Å². The molecule has 1 aliphatic rings. The Kier molecular flexibility index (Phi) is 2.85. The largest absolute Gasteiger partial charge is 0.490 e. The van der Waals surface area contributed by atoms with Crippen molar-refractivity contribution in [2.75, 3.05) is 0 Å². The van der Waals surface area contributed by atoms with Gasteiger partial charge >= 0.3 is 5.97 Å². The molecule has 0 atom stereocenters. The Morgan fingerprint density at radius 2 is 2.40 bits per heavy atom. The number of carboxylic acid groups (broad SMARTS) is 1. The van der Waals surface area contributed by atoms with Crippen LogP contribution in [0.1, 0.15) is 25.0 Å². The summed E-state index contributed by atoms with van der Waals surface area (Å²) in [5, 5.41) is 8.62. The quantitative estimate of drug-likeness (QED) is 0.815. The molecule has 0 aliphatic heterocycles. The summed E-state index contributed by atoms with van der Waals surface area (Å²) in [5.41, 5.74) is 0.541. The first-order chi connectivity index (χ1) is 7.24. The van der Waals surface area contributed by atoms with Gasteiger partial charge in [0.15, 0.2) is 0 Å². The maximum absolute atomic E-state index is 10.5. The smallest absolute Gasteiger partial charge is 0.309 e.